The van der Waals surface area contributed by atoms with Gasteiger partial charge in [0.05, 0.1) is 5.56 Å². The number of hydrogen-bond donors (Lipinski definition) is 1. The molecule has 0 saturated carbocycles. The molecule has 0 amide bonds. The Hall–Kier alpha value is -2.62. The van der Waals surface area contributed by atoms with Crippen LogP contribution in [0, 0.1) is 0 Å². The number of carboxylic acid groups (broad SMARTS) is 1. The first-order chi connectivity index (χ1) is 8.75. The van der Waals surface area contributed by atoms with Crippen LogP contribution in [0.4, 0.5) is 0 Å². The van der Waals surface area contributed by atoms with E-state index in [0.717, 1.165) is 11.0 Å². The average molecular weight is 239 g/mol. The second-order valence-electron chi connectivity index (χ2n) is 3.85. The van der Waals surface area contributed by atoms with Gasteiger partial charge in [-0.25, -0.2) is 9.78 Å². The van der Waals surface area contributed by atoms with Crippen molar-refractivity contribution in [3.05, 3.63) is 54.4 Å². The molecule has 0 atom stereocenters. The van der Waals surface area contributed by atoms with E-state index in [2.05, 4.69) is 4.98 Å². The van der Waals surface area contributed by atoms with Gasteiger partial charge in [-0.2, -0.15) is 0 Å². The van der Waals surface area contributed by atoms with E-state index in [-0.39, 0.29) is 5.69 Å². The van der Waals surface area contributed by atoms with Crippen molar-refractivity contribution in [2.45, 2.75) is 0 Å². The molecular weight excluding hydrogens is 230 g/mol. The Morgan fingerprint density at radius 2 is 2.00 bits per heavy atom. The van der Waals surface area contributed by atoms with Gasteiger partial charge in [-0.3, -0.25) is 0 Å². The molecule has 2 heterocycles. The van der Waals surface area contributed by atoms with Crippen molar-refractivity contribution in [2.24, 2.45) is 0 Å². The van der Waals surface area contributed by atoms with E-state index >= 15 is 0 Å². The minimum Gasteiger partial charge on any atom is -0.476 e. The molecule has 0 spiro atoms. The molecular formula is C14H9NO3. The van der Waals surface area contributed by atoms with E-state index in [9.17, 15) is 4.79 Å². The summed E-state index contributed by atoms with van der Waals surface area (Å²) >= 11 is 0. The van der Waals surface area contributed by atoms with Gasteiger partial charge < -0.3 is 9.52 Å². The fourth-order valence-corrected chi connectivity index (χ4v) is 1.89. The van der Waals surface area contributed by atoms with Gasteiger partial charge in [-0.05, 0) is 24.3 Å². The second kappa shape index (κ2) is 4.00. The van der Waals surface area contributed by atoms with Crippen LogP contribution in [0.25, 0.3) is 22.3 Å². The molecule has 0 radical (unpaired) electrons. The van der Waals surface area contributed by atoms with E-state index in [1.165, 1.54) is 6.20 Å². The van der Waals surface area contributed by atoms with Gasteiger partial charge in [0.15, 0.2) is 5.69 Å². The predicted molar refractivity (Wildman–Crippen MR) is 66.4 cm³/mol. The summed E-state index contributed by atoms with van der Waals surface area (Å²) in [6, 6.07) is 12.7. The summed E-state index contributed by atoms with van der Waals surface area (Å²) in [4.78, 5) is 15.0. The lowest BCUT2D eigenvalue weighted by molar-refractivity contribution is 0.0691. The summed E-state index contributed by atoms with van der Waals surface area (Å²) in [5.74, 6) is -0.548. The van der Waals surface area contributed by atoms with Gasteiger partial charge >= 0.3 is 5.97 Å². The third-order valence-corrected chi connectivity index (χ3v) is 2.70. The van der Waals surface area contributed by atoms with Crippen LogP contribution in [-0.2, 0) is 0 Å². The normalized spacial score (nSPS) is 10.7. The highest BCUT2D eigenvalue weighted by Crippen LogP contribution is 2.29. The molecule has 4 nitrogen and oxygen atoms in total. The van der Waals surface area contributed by atoms with Crippen LogP contribution < -0.4 is 0 Å². The third kappa shape index (κ3) is 1.64. The van der Waals surface area contributed by atoms with Gasteiger partial charge in [-0.15, -0.1) is 0 Å². The Labute approximate surface area is 103 Å². The molecule has 3 rings (SSSR count). The maximum absolute atomic E-state index is 11.1. The van der Waals surface area contributed by atoms with Crippen LogP contribution >= 0.6 is 0 Å². The largest absolute Gasteiger partial charge is 0.476 e. The van der Waals surface area contributed by atoms with Crippen molar-refractivity contribution in [3.63, 3.8) is 0 Å². The fraction of sp³-hybridized carbons (Fsp3) is 0. The molecule has 0 fully saturated rings. The maximum Gasteiger partial charge on any atom is 0.355 e. The number of pyridine rings is 1. The SMILES string of the molecule is O=C(O)c1ncccc1-c1cc2ccccc2o1. The quantitative estimate of drug-likeness (QED) is 0.745. The molecule has 0 saturated heterocycles. The lowest BCUT2D eigenvalue weighted by atomic mass is 10.1. The molecule has 0 aliphatic carbocycles. The van der Waals surface area contributed by atoms with Crippen molar-refractivity contribution in [3.8, 4) is 11.3 Å². The number of aromatic nitrogens is 1. The van der Waals surface area contributed by atoms with Crippen molar-refractivity contribution in [1.82, 2.24) is 4.98 Å². The number of carbonyl (C=O) groups is 1. The van der Waals surface area contributed by atoms with E-state index in [1.807, 2.05) is 30.3 Å². The smallest absolute Gasteiger partial charge is 0.355 e. The summed E-state index contributed by atoms with van der Waals surface area (Å²) in [7, 11) is 0. The highest BCUT2D eigenvalue weighted by molar-refractivity contribution is 5.94. The predicted octanol–water partition coefficient (Wildman–Crippen LogP) is 3.19. The number of carboxylic acids is 1. The lowest BCUT2D eigenvalue weighted by Crippen LogP contribution is -2.01. The molecule has 0 aliphatic rings. The molecule has 1 N–H and O–H groups in total. The Balaban J connectivity index is 2.23. The molecule has 88 valence electrons. The lowest BCUT2D eigenvalue weighted by Gasteiger charge is -2.00. The molecule has 0 bridgehead atoms. The van der Waals surface area contributed by atoms with Gasteiger partial charge in [0.2, 0.25) is 0 Å². The molecule has 3 aromatic rings. The van der Waals surface area contributed by atoms with Crippen LogP contribution in [-0.4, -0.2) is 16.1 Å². The van der Waals surface area contributed by atoms with E-state index in [1.54, 1.807) is 12.1 Å². The van der Waals surface area contributed by atoms with Gasteiger partial charge in [0, 0.05) is 11.6 Å². The highest BCUT2D eigenvalue weighted by Gasteiger charge is 2.15. The summed E-state index contributed by atoms with van der Waals surface area (Å²) in [6.07, 6.45) is 1.45. The van der Waals surface area contributed by atoms with E-state index in [0.29, 0.717) is 11.3 Å². The Morgan fingerprint density at radius 1 is 1.17 bits per heavy atom. The van der Waals surface area contributed by atoms with Crippen LogP contribution in [0.1, 0.15) is 10.5 Å². The van der Waals surface area contributed by atoms with Crippen molar-refractivity contribution in [1.29, 1.82) is 0 Å². The summed E-state index contributed by atoms with van der Waals surface area (Å²) in [6.45, 7) is 0. The van der Waals surface area contributed by atoms with E-state index < -0.39 is 5.97 Å². The first-order valence-electron chi connectivity index (χ1n) is 5.43. The van der Waals surface area contributed by atoms with Crippen molar-refractivity contribution in [2.75, 3.05) is 0 Å². The zero-order valence-corrected chi connectivity index (χ0v) is 9.33. The van der Waals surface area contributed by atoms with E-state index in [4.69, 9.17) is 9.52 Å². The summed E-state index contributed by atoms with van der Waals surface area (Å²) in [5.41, 5.74) is 1.21. The monoisotopic (exact) mass is 239 g/mol. The number of rotatable bonds is 2. The van der Waals surface area contributed by atoms with Crippen LogP contribution in [0.2, 0.25) is 0 Å². The highest BCUT2D eigenvalue weighted by atomic mass is 16.4. The van der Waals surface area contributed by atoms with Crippen LogP contribution in [0.15, 0.2) is 53.1 Å². The number of furan rings is 1. The average Bonchev–Trinajstić information content (AvgIpc) is 2.82. The number of nitrogens with zero attached hydrogens (tertiary/aromatic N) is 1. The Morgan fingerprint density at radius 3 is 2.78 bits per heavy atom. The Kier molecular flexibility index (Phi) is 2.34. The Bertz CT molecular complexity index is 697. The standard InChI is InChI=1S/C14H9NO3/c16-14(17)13-10(5-3-7-15-13)12-8-9-4-1-2-6-11(9)18-12/h1-8H,(H,16,17). The van der Waals surface area contributed by atoms with Crippen molar-refractivity contribution < 1.29 is 14.3 Å². The molecule has 0 unspecified atom stereocenters. The van der Waals surface area contributed by atoms with Gasteiger partial charge in [0.25, 0.3) is 0 Å². The van der Waals surface area contributed by atoms with Crippen molar-refractivity contribution >= 4 is 16.9 Å². The summed E-state index contributed by atoms with van der Waals surface area (Å²) in [5, 5.41) is 10.0. The van der Waals surface area contributed by atoms with Gasteiger partial charge in [0.1, 0.15) is 11.3 Å². The molecule has 18 heavy (non-hydrogen) atoms. The summed E-state index contributed by atoms with van der Waals surface area (Å²) < 4.78 is 5.64. The molecule has 1 aromatic carbocycles. The molecule has 4 heteroatoms. The van der Waals surface area contributed by atoms with Crippen LogP contribution in [0.3, 0.4) is 0 Å². The topological polar surface area (TPSA) is 63.3 Å². The fourth-order valence-electron chi connectivity index (χ4n) is 1.89. The zero-order chi connectivity index (χ0) is 12.5. The third-order valence-electron chi connectivity index (χ3n) is 2.70. The number of fused-ring (bicyclic) bond motifs is 1. The number of hydrogen-bond acceptors (Lipinski definition) is 3. The first kappa shape index (κ1) is 10.5. The minimum atomic E-state index is -1.06. The molecule has 0 aliphatic heterocycles. The zero-order valence-electron chi connectivity index (χ0n) is 9.33. The number of benzene rings is 1. The number of aromatic carboxylic acids is 1. The van der Waals surface area contributed by atoms with Gasteiger partial charge in [-0.1, -0.05) is 18.2 Å². The minimum absolute atomic E-state index is 0.00319. The molecule has 2 aromatic heterocycles. The number of para-hydroxylation sites is 1. The maximum atomic E-state index is 11.1. The second-order valence-corrected chi connectivity index (χ2v) is 3.85. The first-order valence-corrected chi connectivity index (χ1v) is 5.43. The van der Waals surface area contributed by atoms with Crippen LogP contribution in [0.5, 0.6) is 0 Å².